The van der Waals surface area contributed by atoms with Gasteiger partial charge in [0.2, 0.25) is 12.7 Å². The molecule has 0 spiro atoms. The number of amides is 1. The molecule has 5 heteroatoms. The Hall–Kier alpha value is -1.75. The van der Waals surface area contributed by atoms with Crippen molar-refractivity contribution in [1.82, 2.24) is 10.6 Å². The monoisotopic (exact) mass is 262 g/mol. The molecular weight excluding hydrogens is 244 g/mol. The van der Waals surface area contributed by atoms with Crippen LogP contribution in [0.25, 0.3) is 0 Å². The van der Waals surface area contributed by atoms with Crippen LogP contribution in [-0.4, -0.2) is 31.8 Å². The molecule has 0 aromatic heterocycles. The minimum Gasteiger partial charge on any atom is -0.454 e. The molecule has 2 aliphatic rings. The van der Waals surface area contributed by atoms with Gasteiger partial charge in [0.1, 0.15) is 0 Å². The van der Waals surface area contributed by atoms with Gasteiger partial charge in [-0.15, -0.1) is 0 Å². The molecule has 2 heterocycles. The zero-order valence-corrected chi connectivity index (χ0v) is 10.8. The molecule has 0 unspecified atom stereocenters. The number of hydrogen-bond acceptors (Lipinski definition) is 4. The Morgan fingerprint density at radius 3 is 3.11 bits per heavy atom. The smallest absolute Gasteiger partial charge is 0.237 e. The van der Waals surface area contributed by atoms with Crippen LogP contribution in [0, 0.1) is 0 Å². The second-order valence-corrected chi connectivity index (χ2v) is 4.88. The highest BCUT2D eigenvalue weighted by Crippen LogP contribution is 2.32. The zero-order valence-electron chi connectivity index (χ0n) is 10.8. The molecule has 1 atom stereocenters. The van der Waals surface area contributed by atoms with Gasteiger partial charge in [0.15, 0.2) is 11.5 Å². The van der Waals surface area contributed by atoms with E-state index in [1.54, 1.807) is 0 Å². The number of hydrogen-bond donors (Lipinski definition) is 2. The summed E-state index contributed by atoms with van der Waals surface area (Å²) >= 11 is 0. The van der Waals surface area contributed by atoms with Crippen LogP contribution in [-0.2, 0) is 11.2 Å². The summed E-state index contributed by atoms with van der Waals surface area (Å²) < 4.78 is 10.6. The highest BCUT2D eigenvalue weighted by molar-refractivity contribution is 5.81. The summed E-state index contributed by atoms with van der Waals surface area (Å²) in [6, 6.07) is 5.89. The summed E-state index contributed by atoms with van der Waals surface area (Å²) in [4.78, 5) is 11.8. The van der Waals surface area contributed by atoms with Gasteiger partial charge in [0, 0.05) is 6.54 Å². The molecule has 5 nitrogen and oxygen atoms in total. The normalized spacial score (nSPS) is 20.5. The lowest BCUT2D eigenvalue weighted by Crippen LogP contribution is -2.41. The van der Waals surface area contributed by atoms with E-state index in [4.69, 9.17) is 9.47 Å². The predicted octanol–water partition coefficient (Wildman–Crippen LogP) is 0.826. The Bertz CT molecular complexity index is 470. The topological polar surface area (TPSA) is 59.6 Å². The molecule has 0 radical (unpaired) electrons. The van der Waals surface area contributed by atoms with E-state index in [1.807, 2.05) is 18.2 Å². The van der Waals surface area contributed by atoms with E-state index >= 15 is 0 Å². The van der Waals surface area contributed by atoms with Crippen molar-refractivity contribution < 1.29 is 14.3 Å². The fourth-order valence-electron chi connectivity index (χ4n) is 2.46. The van der Waals surface area contributed by atoms with Crippen LogP contribution in [0.2, 0.25) is 0 Å². The third-order valence-electron chi connectivity index (χ3n) is 3.53. The maximum atomic E-state index is 11.8. The van der Waals surface area contributed by atoms with Crippen molar-refractivity contribution in [2.45, 2.75) is 25.3 Å². The summed E-state index contributed by atoms with van der Waals surface area (Å²) in [6.07, 6.45) is 2.82. The number of nitrogens with one attached hydrogen (secondary N) is 2. The number of fused-ring (bicyclic) bond motifs is 1. The van der Waals surface area contributed by atoms with E-state index in [0.717, 1.165) is 42.9 Å². The van der Waals surface area contributed by atoms with Crippen molar-refractivity contribution in [3.05, 3.63) is 23.8 Å². The van der Waals surface area contributed by atoms with Crippen LogP contribution in [0.4, 0.5) is 0 Å². The van der Waals surface area contributed by atoms with Crippen LogP contribution in [0.1, 0.15) is 18.4 Å². The molecule has 102 valence electrons. The molecule has 1 fully saturated rings. The molecule has 1 saturated heterocycles. The van der Waals surface area contributed by atoms with Crippen molar-refractivity contribution >= 4 is 5.91 Å². The lowest BCUT2D eigenvalue weighted by atomic mass is 10.1. The van der Waals surface area contributed by atoms with Crippen molar-refractivity contribution in [3.63, 3.8) is 0 Å². The number of rotatable bonds is 4. The summed E-state index contributed by atoms with van der Waals surface area (Å²) in [5, 5.41) is 6.16. The summed E-state index contributed by atoms with van der Waals surface area (Å²) in [5.41, 5.74) is 1.14. The van der Waals surface area contributed by atoms with Crippen molar-refractivity contribution in [2.24, 2.45) is 0 Å². The Morgan fingerprint density at radius 2 is 2.26 bits per heavy atom. The number of carbonyl (C=O) groups excluding carboxylic acids is 1. The Labute approximate surface area is 112 Å². The zero-order chi connectivity index (χ0) is 13.1. The van der Waals surface area contributed by atoms with E-state index < -0.39 is 0 Å². The van der Waals surface area contributed by atoms with Crippen molar-refractivity contribution in [1.29, 1.82) is 0 Å². The maximum Gasteiger partial charge on any atom is 0.237 e. The quantitative estimate of drug-likeness (QED) is 0.843. The first-order valence-corrected chi connectivity index (χ1v) is 6.72. The molecule has 0 aliphatic carbocycles. The molecule has 1 amide bonds. The van der Waals surface area contributed by atoms with Gasteiger partial charge in [-0.05, 0) is 43.5 Å². The van der Waals surface area contributed by atoms with Crippen LogP contribution < -0.4 is 20.1 Å². The van der Waals surface area contributed by atoms with E-state index in [1.165, 1.54) is 0 Å². The molecule has 0 bridgehead atoms. The summed E-state index contributed by atoms with van der Waals surface area (Å²) in [5.74, 6) is 1.70. The van der Waals surface area contributed by atoms with Crippen LogP contribution in [0.15, 0.2) is 18.2 Å². The number of carbonyl (C=O) groups is 1. The molecule has 1 aromatic carbocycles. The van der Waals surface area contributed by atoms with Crippen LogP contribution >= 0.6 is 0 Å². The fourth-order valence-corrected chi connectivity index (χ4v) is 2.46. The highest BCUT2D eigenvalue weighted by Gasteiger charge is 2.21. The molecule has 2 aliphatic heterocycles. The summed E-state index contributed by atoms with van der Waals surface area (Å²) in [6.45, 7) is 1.89. The second-order valence-electron chi connectivity index (χ2n) is 4.88. The lowest BCUT2D eigenvalue weighted by molar-refractivity contribution is -0.122. The van der Waals surface area contributed by atoms with Gasteiger partial charge in [0.05, 0.1) is 6.04 Å². The maximum absolute atomic E-state index is 11.8. The van der Waals surface area contributed by atoms with Crippen LogP contribution in [0.3, 0.4) is 0 Å². The Kier molecular flexibility index (Phi) is 3.55. The second kappa shape index (κ2) is 5.48. The Balaban J connectivity index is 1.48. The predicted molar refractivity (Wildman–Crippen MR) is 70.3 cm³/mol. The minimum atomic E-state index is -0.00301. The third-order valence-corrected chi connectivity index (χ3v) is 3.53. The van der Waals surface area contributed by atoms with E-state index in [0.29, 0.717) is 13.3 Å². The minimum absolute atomic E-state index is 0.00301. The van der Waals surface area contributed by atoms with Crippen molar-refractivity contribution in [3.8, 4) is 11.5 Å². The average Bonchev–Trinajstić information content (AvgIpc) is 3.09. The molecule has 19 heavy (non-hydrogen) atoms. The molecular formula is C14H18N2O3. The van der Waals surface area contributed by atoms with Gasteiger partial charge in [-0.25, -0.2) is 0 Å². The largest absolute Gasteiger partial charge is 0.454 e. The molecule has 3 rings (SSSR count). The average molecular weight is 262 g/mol. The molecule has 1 aromatic rings. The number of ether oxygens (including phenoxy) is 2. The molecule has 2 N–H and O–H groups in total. The SMILES string of the molecule is O=C(NCCc1ccc2c(c1)OCO2)[C@@H]1CCCN1. The molecule has 0 saturated carbocycles. The van der Waals surface area contributed by atoms with Gasteiger partial charge < -0.3 is 20.1 Å². The van der Waals surface area contributed by atoms with Crippen molar-refractivity contribution in [2.75, 3.05) is 19.9 Å². The van der Waals surface area contributed by atoms with E-state index in [9.17, 15) is 4.79 Å². The Morgan fingerprint density at radius 1 is 1.37 bits per heavy atom. The fraction of sp³-hybridized carbons (Fsp3) is 0.500. The first kappa shape index (κ1) is 12.3. The van der Waals surface area contributed by atoms with Gasteiger partial charge >= 0.3 is 0 Å². The van der Waals surface area contributed by atoms with Gasteiger partial charge in [-0.3, -0.25) is 4.79 Å². The first-order valence-electron chi connectivity index (χ1n) is 6.72. The first-order chi connectivity index (χ1) is 9.33. The summed E-state index contributed by atoms with van der Waals surface area (Å²) in [7, 11) is 0. The van der Waals surface area contributed by atoms with E-state index in [2.05, 4.69) is 10.6 Å². The van der Waals surface area contributed by atoms with Gasteiger partial charge in [0.25, 0.3) is 0 Å². The van der Waals surface area contributed by atoms with Crippen LogP contribution in [0.5, 0.6) is 11.5 Å². The third kappa shape index (κ3) is 2.81. The lowest BCUT2D eigenvalue weighted by Gasteiger charge is -2.11. The van der Waals surface area contributed by atoms with Gasteiger partial charge in [-0.1, -0.05) is 6.07 Å². The standard InChI is InChI=1S/C14H18N2O3/c17-14(11-2-1-6-15-11)16-7-5-10-3-4-12-13(8-10)19-9-18-12/h3-4,8,11,15H,1-2,5-7,9H2,(H,16,17)/t11-/m0/s1. The number of benzene rings is 1. The van der Waals surface area contributed by atoms with E-state index in [-0.39, 0.29) is 11.9 Å². The van der Waals surface area contributed by atoms with Gasteiger partial charge in [-0.2, -0.15) is 0 Å². The highest BCUT2D eigenvalue weighted by atomic mass is 16.7.